The molecule has 2 unspecified atom stereocenters. The Morgan fingerprint density at radius 2 is 1.65 bits per heavy atom. The molecule has 1 N–H and O–H groups in total. The third-order valence-corrected chi connectivity index (χ3v) is 9.68. The van der Waals surface area contributed by atoms with E-state index in [0.29, 0.717) is 14.3 Å². The number of benzene rings is 2. The topological polar surface area (TPSA) is 23.5 Å². The molecule has 0 bridgehead atoms. The van der Waals surface area contributed by atoms with Gasteiger partial charge >= 0.3 is 0 Å². The lowest BCUT2D eigenvalue weighted by molar-refractivity contribution is 0.221. The van der Waals surface area contributed by atoms with Gasteiger partial charge in [0.25, 0.3) is 0 Å². The van der Waals surface area contributed by atoms with Gasteiger partial charge in [-0.3, -0.25) is 4.90 Å². The summed E-state index contributed by atoms with van der Waals surface area (Å²) >= 11 is 0. The molecule has 1 fully saturated rings. The second kappa shape index (κ2) is 11.6. The first-order valence-electron chi connectivity index (χ1n) is 13.5. The van der Waals surface area contributed by atoms with Crippen molar-refractivity contribution in [3.05, 3.63) is 58.1 Å². The number of aryl methyl sites for hydroxylation is 2. The quantitative estimate of drug-likeness (QED) is 0.289. The second-order valence-corrected chi connectivity index (χ2v) is 13.7. The van der Waals surface area contributed by atoms with Gasteiger partial charge in [0.15, 0.2) is 0 Å². The predicted molar refractivity (Wildman–Crippen MR) is 151 cm³/mol. The number of unbranched alkanes of at least 4 members (excludes halogenated alkanes) is 2. The lowest BCUT2D eigenvalue weighted by Crippen LogP contribution is -2.31. The van der Waals surface area contributed by atoms with Gasteiger partial charge in [-0.25, -0.2) is 0 Å². The molecular formula is C31H48NOP. The molecule has 2 aromatic rings. The third kappa shape index (κ3) is 6.64. The van der Waals surface area contributed by atoms with Crippen LogP contribution >= 0.6 is 8.58 Å². The van der Waals surface area contributed by atoms with Crippen molar-refractivity contribution in [3.63, 3.8) is 0 Å². The van der Waals surface area contributed by atoms with Crippen LogP contribution in [0.5, 0.6) is 5.75 Å². The molecule has 3 rings (SSSR count). The van der Waals surface area contributed by atoms with Crippen LogP contribution in [0.15, 0.2) is 30.3 Å². The van der Waals surface area contributed by atoms with E-state index in [-0.39, 0.29) is 10.6 Å². The Morgan fingerprint density at radius 3 is 2.29 bits per heavy atom. The molecule has 2 aromatic carbocycles. The van der Waals surface area contributed by atoms with Gasteiger partial charge in [-0.1, -0.05) is 99.2 Å². The molecule has 0 spiro atoms. The number of phenolic OH excluding ortho intramolecular Hbond substituents is 1. The molecule has 188 valence electrons. The molecule has 1 aliphatic heterocycles. The Hall–Kier alpha value is -1.37. The van der Waals surface area contributed by atoms with E-state index in [9.17, 15) is 5.11 Å². The minimum Gasteiger partial charge on any atom is -0.507 e. The molecule has 34 heavy (non-hydrogen) atoms. The Morgan fingerprint density at radius 1 is 0.941 bits per heavy atom. The van der Waals surface area contributed by atoms with Gasteiger partial charge in [0, 0.05) is 17.3 Å². The number of hydrogen-bond donors (Lipinski definition) is 1. The maximum absolute atomic E-state index is 11.4. The summed E-state index contributed by atoms with van der Waals surface area (Å²) in [4.78, 5) is 2.64. The standard InChI is InChI=1S/C31H48NOP/c1-8-9-11-17-31(7,27-21-26(30(4,5)6)20-24(3)28(27)33)34-29-23(2)15-14-16-25(29)22-32-18-12-10-13-19-32/h14-16,20-21,33-34H,8-13,17-19,22H2,1-7H3. The SMILES string of the molecule is CCCCCC(C)(Pc1c(C)cccc1CN1CCCCC1)c1cc(C(C)(C)C)cc(C)c1O. The fourth-order valence-electron chi connectivity index (χ4n) is 5.30. The maximum atomic E-state index is 11.4. The first kappa shape index (κ1) is 27.2. The average Bonchev–Trinajstić information content (AvgIpc) is 2.78. The maximum Gasteiger partial charge on any atom is 0.122 e. The molecule has 1 aliphatic rings. The Bertz CT molecular complexity index is 955. The zero-order valence-electron chi connectivity index (χ0n) is 22.9. The summed E-state index contributed by atoms with van der Waals surface area (Å²) in [5.41, 5.74) is 6.43. The van der Waals surface area contributed by atoms with E-state index >= 15 is 0 Å². The fraction of sp³-hybridized carbons (Fsp3) is 0.613. The Kier molecular flexibility index (Phi) is 9.27. The van der Waals surface area contributed by atoms with Gasteiger partial charge in [0.1, 0.15) is 5.75 Å². The lowest BCUT2D eigenvalue weighted by Gasteiger charge is -2.35. The molecule has 2 nitrogen and oxygen atoms in total. The van der Waals surface area contributed by atoms with E-state index in [1.54, 1.807) is 0 Å². The number of piperidine rings is 1. The number of rotatable bonds is 9. The van der Waals surface area contributed by atoms with Crippen LogP contribution < -0.4 is 5.30 Å². The van der Waals surface area contributed by atoms with Crippen LogP contribution in [0.1, 0.15) is 107 Å². The van der Waals surface area contributed by atoms with Crippen LogP contribution in [0.4, 0.5) is 0 Å². The molecule has 0 saturated carbocycles. The van der Waals surface area contributed by atoms with Gasteiger partial charge in [0.2, 0.25) is 0 Å². The lowest BCUT2D eigenvalue weighted by atomic mass is 9.82. The minimum absolute atomic E-state index is 0.0583. The van der Waals surface area contributed by atoms with Gasteiger partial charge < -0.3 is 5.11 Å². The van der Waals surface area contributed by atoms with Crippen LogP contribution in [0, 0.1) is 13.8 Å². The Balaban J connectivity index is 2.05. The van der Waals surface area contributed by atoms with Crippen molar-refractivity contribution in [2.24, 2.45) is 0 Å². The molecule has 0 aromatic heterocycles. The molecular weight excluding hydrogens is 433 g/mol. The third-order valence-electron chi connectivity index (χ3n) is 7.64. The van der Waals surface area contributed by atoms with Crippen LogP contribution in [-0.4, -0.2) is 23.1 Å². The summed E-state index contributed by atoms with van der Waals surface area (Å²) < 4.78 is 0. The molecule has 1 heterocycles. The van der Waals surface area contributed by atoms with Crippen molar-refractivity contribution in [2.45, 2.75) is 111 Å². The van der Waals surface area contributed by atoms with E-state index in [4.69, 9.17) is 0 Å². The molecule has 2 atom stereocenters. The molecule has 0 amide bonds. The van der Waals surface area contributed by atoms with Gasteiger partial charge in [0.05, 0.1) is 0 Å². The van der Waals surface area contributed by atoms with Crippen molar-refractivity contribution in [3.8, 4) is 5.75 Å². The Labute approximate surface area is 211 Å². The largest absolute Gasteiger partial charge is 0.507 e. The van der Waals surface area contributed by atoms with Crippen LogP contribution in [0.2, 0.25) is 0 Å². The van der Waals surface area contributed by atoms with Crippen LogP contribution in [0.3, 0.4) is 0 Å². The summed E-state index contributed by atoms with van der Waals surface area (Å²) in [6.45, 7) is 19.4. The fourth-order valence-corrected chi connectivity index (χ4v) is 7.08. The van der Waals surface area contributed by atoms with E-state index in [0.717, 1.165) is 24.1 Å². The number of phenols is 1. The van der Waals surface area contributed by atoms with Crippen LogP contribution in [-0.2, 0) is 17.1 Å². The van der Waals surface area contributed by atoms with Crippen molar-refractivity contribution >= 4 is 13.9 Å². The number of likely N-dealkylation sites (tertiary alicyclic amines) is 1. The van der Waals surface area contributed by atoms with E-state index in [2.05, 4.69) is 83.7 Å². The molecule has 0 aliphatic carbocycles. The van der Waals surface area contributed by atoms with E-state index < -0.39 is 0 Å². The first-order chi connectivity index (χ1) is 16.0. The predicted octanol–water partition coefficient (Wildman–Crippen LogP) is 8.09. The second-order valence-electron chi connectivity index (χ2n) is 11.8. The highest BCUT2D eigenvalue weighted by Crippen LogP contribution is 2.50. The van der Waals surface area contributed by atoms with Crippen molar-refractivity contribution < 1.29 is 5.11 Å². The summed E-state index contributed by atoms with van der Waals surface area (Å²) in [5, 5.41) is 12.8. The highest BCUT2D eigenvalue weighted by molar-refractivity contribution is 7.48. The minimum atomic E-state index is -0.0754. The zero-order chi connectivity index (χ0) is 24.9. The average molecular weight is 482 g/mol. The van der Waals surface area contributed by atoms with Gasteiger partial charge in [-0.2, -0.15) is 0 Å². The van der Waals surface area contributed by atoms with E-state index in [1.165, 1.54) is 73.6 Å². The monoisotopic (exact) mass is 481 g/mol. The van der Waals surface area contributed by atoms with Crippen LogP contribution in [0.25, 0.3) is 0 Å². The molecule has 1 saturated heterocycles. The van der Waals surface area contributed by atoms with Crippen molar-refractivity contribution in [2.75, 3.05) is 13.1 Å². The number of nitrogens with zero attached hydrogens (tertiary/aromatic N) is 1. The number of aromatic hydroxyl groups is 1. The first-order valence-corrected chi connectivity index (χ1v) is 14.5. The normalized spacial score (nSPS) is 17.4. The van der Waals surface area contributed by atoms with Gasteiger partial charge in [-0.15, -0.1) is 0 Å². The van der Waals surface area contributed by atoms with Gasteiger partial charge in [-0.05, 0) is 79.2 Å². The molecule has 0 radical (unpaired) electrons. The highest BCUT2D eigenvalue weighted by Gasteiger charge is 2.33. The van der Waals surface area contributed by atoms with Crippen molar-refractivity contribution in [1.29, 1.82) is 0 Å². The zero-order valence-corrected chi connectivity index (χ0v) is 23.9. The summed E-state index contributed by atoms with van der Waals surface area (Å²) in [7, 11) is 0.642. The highest BCUT2D eigenvalue weighted by atomic mass is 31.1. The summed E-state index contributed by atoms with van der Waals surface area (Å²) in [6.07, 6.45) is 8.79. The van der Waals surface area contributed by atoms with E-state index in [1.807, 2.05) is 0 Å². The summed E-state index contributed by atoms with van der Waals surface area (Å²) in [5.74, 6) is 0.505. The number of hydrogen-bond acceptors (Lipinski definition) is 2. The smallest absolute Gasteiger partial charge is 0.122 e. The summed E-state index contributed by atoms with van der Waals surface area (Å²) in [6, 6.07) is 11.4. The van der Waals surface area contributed by atoms with Crippen molar-refractivity contribution in [1.82, 2.24) is 4.90 Å². The molecule has 3 heteroatoms.